The van der Waals surface area contributed by atoms with Gasteiger partial charge in [-0.3, -0.25) is 4.79 Å². The second-order valence-electron chi connectivity index (χ2n) is 5.04. The molecule has 2 aromatic carbocycles. The van der Waals surface area contributed by atoms with Crippen molar-refractivity contribution < 1.29 is 28.5 Å². The average molecular weight is 366 g/mol. The molecule has 1 heterocycles. The lowest BCUT2D eigenvalue weighted by Gasteiger charge is -2.13. The normalized spacial score (nSPS) is 11.8. The second kappa shape index (κ2) is 7.40. The molecule has 0 aliphatic carbocycles. The van der Waals surface area contributed by atoms with Crippen molar-refractivity contribution in [3.8, 4) is 28.7 Å². The molecular formula is C17H16ClNO6. The Morgan fingerprint density at radius 1 is 1.12 bits per heavy atom. The van der Waals surface area contributed by atoms with Gasteiger partial charge in [-0.05, 0) is 12.1 Å². The van der Waals surface area contributed by atoms with Gasteiger partial charge in [-0.25, -0.2) is 0 Å². The van der Waals surface area contributed by atoms with Crippen LogP contribution in [0, 0.1) is 0 Å². The molecule has 0 spiro atoms. The number of ether oxygens (including phenoxy) is 5. The lowest BCUT2D eigenvalue weighted by Crippen LogP contribution is -2.20. The van der Waals surface area contributed by atoms with Gasteiger partial charge in [0.25, 0.3) is 5.91 Å². The molecular weight excluding hydrogens is 350 g/mol. The number of carbonyl (C=O) groups excluding carboxylic acids is 1. The number of halogens is 1. The quantitative estimate of drug-likeness (QED) is 0.847. The van der Waals surface area contributed by atoms with Crippen LogP contribution in [0.3, 0.4) is 0 Å². The van der Waals surface area contributed by atoms with E-state index in [2.05, 4.69) is 5.32 Å². The van der Waals surface area contributed by atoms with Gasteiger partial charge in [0.05, 0.1) is 24.9 Å². The Bertz CT molecular complexity index is 795. The maximum Gasteiger partial charge on any atom is 0.262 e. The fraction of sp³-hybridized carbons (Fsp3) is 0.235. The van der Waals surface area contributed by atoms with E-state index in [0.29, 0.717) is 39.5 Å². The summed E-state index contributed by atoms with van der Waals surface area (Å²) in [7, 11) is 2.97. The minimum absolute atomic E-state index is 0.178. The van der Waals surface area contributed by atoms with E-state index in [4.69, 9.17) is 35.3 Å². The summed E-state index contributed by atoms with van der Waals surface area (Å²) in [5.41, 5.74) is 0.433. The van der Waals surface area contributed by atoms with Gasteiger partial charge in [-0.1, -0.05) is 11.6 Å². The van der Waals surface area contributed by atoms with Crippen LogP contribution in [0.15, 0.2) is 30.3 Å². The van der Waals surface area contributed by atoms with Gasteiger partial charge in [0.15, 0.2) is 18.1 Å². The molecule has 1 N–H and O–H groups in total. The smallest absolute Gasteiger partial charge is 0.262 e. The van der Waals surface area contributed by atoms with Crippen molar-refractivity contribution >= 4 is 23.2 Å². The zero-order valence-corrected chi connectivity index (χ0v) is 14.4. The van der Waals surface area contributed by atoms with Crippen molar-refractivity contribution in [1.29, 1.82) is 0 Å². The van der Waals surface area contributed by atoms with E-state index in [-0.39, 0.29) is 19.3 Å². The predicted molar refractivity (Wildman–Crippen MR) is 91.2 cm³/mol. The molecule has 1 aliphatic rings. The molecule has 2 aromatic rings. The predicted octanol–water partition coefficient (Wildman–Crippen LogP) is 3.10. The van der Waals surface area contributed by atoms with Crippen LogP contribution in [-0.4, -0.2) is 33.5 Å². The number of amides is 1. The van der Waals surface area contributed by atoms with Crippen LogP contribution in [-0.2, 0) is 4.79 Å². The van der Waals surface area contributed by atoms with Gasteiger partial charge in [0.2, 0.25) is 6.79 Å². The Morgan fingerprint density at radius 2 is 1.88 bits per heavy atom. The van der Waals surface area contributed by atoms with Gasteiger partial charge >= 0.3 is 0 Å². The largest absolute Gasteiger partial charge is 0.495 e. The monoisotopic (exact) mass is 365 g/mol. The van der Waals surface area contributed by atoms with Crippen LogP contribution in [0.5, 0.6) is 28.7 Å². The molecule has 7 nitrogen and oxygen atoms in total. The Labute approximate surface area is 149 Å². The molecule has 132 valence electrons. The molecule has 0 bridgehead atoms. The van der Waals surface area contributed by atoms with Crippen molar-refractivity contribution in [3.05, 3.63) is 35.4 Å². The van der Waals surface area contributed by atoms with E-state index in [0.717, 1.165) is 0 Å². The summed E-state index contributed by atoms with van der Waals surface area (Å²) in [5.74, 6) is 2.22. The molecule has 1 aliphatic heterocycles. The number of benzene rings is 2. The van der Waals surface area contributed by atoms with Gasteiger partial charge in [-0.15, -0.1) is 0 Å². The summed E-state index contributed by atoms with van der Waals surface area (Å²) in [6.45, 7) is -0.00872. The van der Waals surface area contributed by atoms with Gasteiger partial charge in [0.1, 0.15) is 17.2 Å². The zero-order valence-electron chi connectivity index (χ0n) is 13.6. The van der Waals surface area contributed by atoms with E-state index in [1.165, 1.54) is 14.2 Å². The Kier molecular flexibility index (Phi) is 5.04. The summed E-state index contributed by atoms with van der Waals surface area (Å²) < 4.78 is 26.3. The lowest BCUT2D eigenvalue weighted by atomic mass is 10.2. The third-order valence-corrected chi connectivity index (χ3v) is 3.76. The highest BCUT2D eigenvalue weighted by Gasteiger charge is 2.15. The molecule has 25 heavy (non-hydrogen) atoms. The van der Waals surface area contributed by atoms with Gasteiger partial charge in [0, 0.05) is 18.2 Å². The fourth-order valence-electron chi connectivity index (χ4n) is 2.26. The molecule has 0 fully saturated rings. The Balaban J connectivity index is 1.64. The number of rotatable bonds is 6. The van der Waals surface area contributed by atoms with Crippen LogP contribution in [0.1, 0.15) is 0 Å². The van der Waals surface area contributed by atoms with Crippen LogP contribution in [0.25, 0.3) is 0 Å². The number of fused-ring (bicyclic) bond motifs is 1. The molecule has 0 saturated carbocycles. The third kappa shape index (κ3) is 3.83. The maximum absolute atomic E-state index is 12.2. The third-order valence-electron chi connectivity index (χ3n) is 3.46. The fourth-order valence-corrected chi connectivity index (χ4v) is 2.49. The van der Waals surface area contributed by atoms with Crippen molar-refractivity contribution in [3.63, 3.8) is 0 Å². The summed E-state index contributed by atoms with van der Waals surface area (Å²) in [6, 6.07) is 8.24. The lowest BCUT2D eigenvalue weighted by molar-refractivity contribution is -0.118. The van der Waals surface area contributed by atoms with Crippen LogP contribution in [0.4, 0.5) is 5.69 Å². The number of nitrogens with one attached hydrogen (secondary N) is 1. The number of methoxy groups -OCH3 is 2. The number of anilines is 1. The summed E-state index contributed by atoms with van der Waals surface area (Å²) in [5, 5.41) is 3.09. The number of hydrogen-bond acceptors (Lipinski definition) is 6. The maximum atomic E-state index is 12.2. The molecule has 0 unspecified atom stereocenters. The van der Waals surface area contributed by atoms with Crippen molar-refractivity contribution in [2.24, 2.45) is 0 Å². The Morgan fingerprint density at radius 3 is 2.64 bits per heavy atom. The first kappa shape index (κ1) is 17.0. The summed E-state index contributed by atoms with van der Waals surface area (Å²) in [6.07, 6.45) is 0. The highest BCUT2D eigenvalue weighted by Crippen LogP contribution is 2.36. The highest BCUT2D eigenvalue weighted by atomic mass is 35.5. The van der Waals surface area contributed by atoms with Crippen LogP contribution in [0.2, 0.25) is 5.02 Å². The van der Waals surface area contributed by atoms with Crippen molar-refractivity contribution in [2.45, 2.75) is 0 Å². The van der Waals surface area contributed by atoms with Gasteiger partial charge < -0.3 is 29.0 Å². The topological polar surface area (TPSA) is 75.3 Å². The number of hydrogen-bond donors (Lipinski definition) is 1. The van der Waals surface area contributed by atoms with E-state index in [9.17, 15) is 4.79 Å². The standard InChI is InChI=1S/C17H16ClNO6/c1-21-14-7-12(15(22-2)6-11(14)18)19-17(20)8-23-10-3-4-13-16(5-10)25-9-24-13/h3-7H,8-9H2,1-2H3,(H,19,20). The van der Waals surface area contributed by atoms with E-state index in [1.807, 2.05) is 0 Å². The minimum Gasteiger partial charge on any atom is -0.495 e. The minimum atomic E-state index is -0.361. The van der Waals surface area contributed by atoms with E-state index >= 15 is 0 Å². The first-order chi connectivity index (χ1) is 12.1. The van der Waals surface area contributed by atoms with E-state index in [1.54, 1.807) is 30.3 Å². The summed E-state index contributed by atoms with van der Waals surface area (Å²) in [4.78, 5) is 12.2. The summed E-state index contributed by atoms with van der Waals surface area (Å²) >= 11 is 6.04. The van der Waals surface area contributed by atoms with Crippen molar-refractivity contribution in [2.75, 3.05) is 32.9 Å². The molecule has 0 aromatic heterocycles. The SMILES string of the molecule is COc1cc(NC(=O)COc2ccc3c(c2)OCO3)c(OC)cc1Cl. The highest BCUT2D eigenvalue weighted by molar-refractivity contribution is 6.32. The van der Waals surface area contributed by atoms with Crippen LogP contribution < -0.4 is 29.0 Å². The molecule has 8 heteroatoms. The Hall–Kier alpha value is -2.80. The molecule has 3 rings (SSSR count). The molecule has 0 atom stereocenters. The second-order valence-corrected chi connectivity index (χ2v) is 5.45. The van der Waals surface area contributed by atoms with Gasteiger partial charge in [-0.2, -0.15) is 0 Å². The number of carbonyl (C=O) groups is 1. The van der Waals surface area contributed by atoms with Crippen molar-refractivity contribution in [1.82, 2.24) is 0 Å². The van der Waals surface area contributed by atoms with Crippen LogP contribution >= 0.6 is 11.6 Å². The molecule has 0 saturated heterocycles. The first-order valence-corrected chi connectivity index (χ1v) is 7.72. The van der Waals surface area contributed by atoms with E-state index < -0.39 is 0 Å². The first-order valence-electron chi connectivity index (χ1n) is 7.34. The average Bonchev–Trinajstić information content (AvgIpc) is 3.08. The molecule has 0 radical (unpaired) electrons. The molecule has 1 amide bonds. The zero-order chi connectivity index (χ0) is 17.8.